The summed E-state index contributed by atoms with van der Waals surface area (Å²) in [5.41, 5.74) is 3.13. The average Bonchev–Trinajstić information content (AvgIpc) is 2.83. The summed E-state index contributed by atoms with van der Waals surface area (Å²) in [6.45, 7) is 3.05. The molecule has 5 atom stereocenters. The van der Waals surface area contributed by atoms with E-state index in [9.17, 15) is 5.11 Å². The van der Waals surface area contributed by atoms with Gasteiger partial charge in [0, 0.05) is 0 Å². The predicted octanol–water partition coefficient (Wildman–Crippen LogP) is 4.48. The lowest BCUT2D eigenvalue weighted by molar-refractivity contribution is -0.308. The molecule has 0 saturated carbocycles. The highest BCUT2D eigenvalue weighted by atomic mass is 16.7. The van der Waals surface area contributed by atoms with Crippen LogP contribution in [-0.4, -0.2) is 35.8 Å². The number of ether oxygens (including phenoxy) is 4. The average molecular weight is 435 g/mol. The summed E-state index contributed by atoms with van der Waals surface area (Å²) in [7, 11) is 0. The molecule has 32 heavy (non-hydrogen) atoms. The van der Waals surface area contributed by atoms with Gasteiger partial charge in [0.05, 0.1) is 25.9 Å². The molecule has 0 spiro atoms. The summed E-state index contributed by atoms with van der Waals surface area (Å²) < 4.78 is 24.5. The SMILES string of the molecule is C[C@@H]1O[C@H](O)[C@@H](OCc2ccccc2)[C@H](OCc2ccccc2)[C@@H]1OCc1ccccc1. The molecule has 3 aromatic rings. The van der Waals surface area contributed by atoms with Gasteiger partial charge in [-0.2, -0.15) is 0 Å². The lowest BCUT2D eigenvalue weighted by Crippen LogP contribution is -2.59. The highest BCUT2D eigenvalue weighted by Gasteiger charge is 2.46. The van der Waals surface area contributed by atoms with Crippen molar-refractivity contribution in [1.82, 2.24) is 0 Å². The zero-order chi connectivity index (χ0) is 22.2. The summed E-state index contributed by atoms with van der Waals surface area (Å²) in [5.74, 6) is 0. The third kappa shape index (κ3) is 6.03. The highest BCUT2D eigenvalue weighted by molar-refractivity contribution is 5.15. The van der Waals surface area contributed by atoms with E-state index >= 15 is 0 Å². The van der Waals surface area contributed by atoms with E-state index in [4.69, 9.17) is 18.9 Å². The molecule has 1 saturated heterocycles. The lowest BCUT2D eigenvalue weighted by Gasteiger charge is -2.43. The Labute approximate surface area is 189 Å². The van der Waals surface area contributed by atoms with Crippen LogP contribution in [0.15, 0.2) is 91.0 Å². The second kappa shape index (κ2) is 11.4. The Morgan fingerprint density at radius 3 is 1.41 bits per heavy atom. The monoisotopic (exact) mass is 434 g/mol. The van der Waals surface area contributed by atoms with E-state index in [0.717, 1.165) is 16.7 Å². The fourth-order valence-corrected chi connectivity index (χ4v) is 3.89. The van der Waals surface area contributed by atoms with Crippen molar-refractivity contribution in [3.05, 3.63) is 108 Å². The normalized spacial score (nSPS) is 25.5. The molecule has 5 nitrogen and oxygen atoms in total. The minimum Gasteiger partial charge on any atom is -0.368 e. The summed E-state index contributed by atoms with van der Waals surface area (Å²) >= 11 is 0. The Hall–Kier alpha value is -2.54. The molecule has 0 aliphatic carbocycles. The molecule has 0 bridgehead atoms. The van der Waals surface area contributed by atoms with E-state index in [1.54, 1.807) is 0 Å². The van der Waals surface area contributed by atoms with E-state index in [2.05, 4.69) is 0 Å². The second-order valence-electron chi connectivity index (χ2n) is 8.02. The van der Waals surface area contributed by atoms with Crippen LogP contribution in [0, 0.1) is 0 Å². The number of aliphatic hydroxyl groups excluding tert-OH is 1. The molecule has 0 amide bonds. The van der Waals surface area contributed by atoms with E-state index < -0.39 is 24.6 Å². The Morgan fingerprint density at radius 1 is 0.594 bits per heavy atom. The van der Waals surface area contributed by atoms with Gasteiger partial charge >= 0.3 is 0 Å². The van der Waals surface area contributed by atoms with Crippen LogP contribution in [0.25, 0.3) is 0 Å². The number of hydrogen-bond donors (Lipinski definition) is 1. The molecule has 5 heteroatoms. The van der Waals surface area contributed by atoms with Crippen molar-refractivity contribution >= 4 is 0 Å². The van der Waals surface area contributed by atoms with Crippen LogP contribution in [0.1, 0.15) is 23.6 Å². The summed E-state index contributed by atoms with van der Waals surface area (Å²) in [5, 5.41) is 10.7. The first-order valence-electron chi connectivity index (χ1n) is 11.0. The maximum absolute atomic E-state index is 10.7. The fraction of sp³-hybridized carbons (Fsp3) is 0.333. The Balaban J connectivity index is 1.50. The van der Waals surface area contributed by atoms with Crippen molar-refractivity contribution in [2.45, 2.75) is 57.5 Å². The van der Waals surface area contributed by atoms with E-state index in [-0.39, 0.29) is 6.10 Å². The van der Waals surface area contributed by atoms with Gasteiger partial charge in [0.1, 0.15) is 18.3 Å². The Bertz CT molecular complexity index is 863. The number of rotatable bonds is 9. The van der Waals surface area contributed by atoms with Crippen molar-refractivity contribution in [3.8, 4) is 0 Å². The first-order chi connectivity index (χ1) is 15.7. The van der Waals surface area contributed by atoms with Gasteiger partial charge in [-0.05, 0) is 23.6 Å². The molecule has 1 aliphatic rings. The second-order valence-corrected chi connectivity index (χ2v) is 8.02. The smallest absolute Gasteiger partial charge is 0.184 e. The number of hydrogen-bond acceptors (Lipinski definition) is 5. The van der Waals surface area contributed by atoms with E-state index in [0.29, 0.717) is 19.8 Å². The molecular weight excluding hydrogens is 404 g/mol. The first-order valence-corrected chi connectivity index (χ1v) is 11.0. The molecular formula is C27H30O5. The molecule has 0 radical (unpaired) electrons. The topological polar surface area (TPSA) is 57.2 Å². The van der Waals surface area contributed by atoms with E-state index in [1.807, 2.05) is 97.9 Å². The number of benzene rings is 3. The van der Waals surface area contributed by atoms with Crippen LogP contribution in [0.3, 0.4) is 0 Å². The van der Waals surface area contributed by atoms with Gasteiger partial charge in [-0.3, -0.25) is 0 Å². The van der Waals surface area contributed by atoms with Crippen molar-refractivity contribution in [2.75, 3.05) is 0 Å². The van der Waals surface area contributed by atoms with Crippen LogP contribution in [0.2, 0.25) is 0 Å². The predicted molar refractivity (Wildman–Crippen MR) is 122 cm³/mol. The van der Waals surface area contributed by atoms with Gasteiger partial charge in [-0.25, -0.2) is 0 Å². The lowest BCUT2D eigenvalue weighted by atomic mass is 9.98. The molecule has 0 unspecified atom stereocenters. The van der Waals surface area contributed by atoms with Crippen LogP contribution >= 0.6 is 0 Å². The molecule has 168 valence electrons. The largest absolute Gasteiger partial charge is 0.368 e. The molecule has 0 aromatic heterocycles. The van der Waals surface area contributed by atoms with Gasteiger partial charge < -0.3 is 24.1 Å². The van der Waals surface area contributed by atoms with Gasteiger partial charge in [-0.1, -0.05) is 91.0 Å². The molecule has 4 rings (SSSR count). The van der Waals surface area contributed by atoms with Gasteiger partial charge in [0.15, 0.2) is 6.29 Å². The van der Waals surface area contributed by atoms with Crippen LogP contribution in [0.4, 0.5) is 0 Å². The maximum Gasteiger partial charge on any atom is 0.184 e. The van der Waals surface area contributed by atoms with Crippen molar-refractivity contribution < 1.29 is 24.1 Å². The molecule has 1 N–H and O–H groups in total. The quantitative estimate of drug-likeness (QED) is 0.538. The summed E-state index contributed by atoms with van der Waals surface area (Å²) in [4.78, 5) is 0. The third-order valence-electron chi connectivity index (χ3n) is 5.60. The van der Waals surface area contributed by atoms with Gasteiger partial charge in [0.2, 0.25) is 0 Å². The van der Waals surface area contributed by atoms with Crippen molar-refractivity contribution in [1.29, 1.82) is 0 Å². The highest BCUT2D eigenvalue weighted by Crippen LogP contribution is 2.29. The van der Waals surface area contributed by atoms with Crippen LogP contribution in [-0.2, 0) is 38.8 Å². The first kappa shape index (κ1) is 22.6. The fourth-order valence-electron chi connectivity index (χ4n) is 3.89. The standard InChI is InChI=1S/C27H30O5/c1-20-24(29-17-21-11-5-2-6-12-21)25(30-18-22-13-7-3-8-14-22)26(27(28)32-20)31-19-23-15-9-4-10-16-23/h2-16,20,24-28H,17-19H2,1H3/t20-,24+,25+,26-,27-/m0/s1. The van der Waals surface area contributed by atoms with Crippen molar-refractivity contribution in [3.63, 3.8) is 0 Å². The molecule has 1 aliphatic heterocycles. The minimum atomic E-state index is -1.11. The molecule has 3 aromatic carbocycles. The zero-order valence-corrected chi connectivity index (χ0v) is 18.2. The third-order valence-corrected chi connectivity index (χ3v) is 5.60. The van der Waals surface area contributed by atoms with Crippen LogP contribution in [0.5, 0.6) is 0 Å². The van der Waals surface area contributed by atoms with Gasteiger partial charge in [0.25, 0.3) is 0 Å². The Kier molecular flexibility index (Phi) is 8.04. The zero-order valence-electron chi connectivity index (χ0n) is 18.2. The van der Waals surface area contributed by atoms with E-state index in [1.165, 1.54) is 0 Å². The Morgan fingerprint density at radius 2 is 0.969 bits per heavy atom. The van der Waals surface area contributed by atoms with Gasteiger partial charge in [-0.15, -0.1) is 0 Å². The molecule has 1 heterocycles. The van der Waals surface area contributed by atoms with Crippen LogP contribution < -0.4 is 0 Å². The number of aliphatic hydroxyl groups is 1. The summed E-state index contributed by atoms with van der Waals surface area (Å²) in [6, 6.07) is 29.8. The minimum absolute atomic E-state index is 0.344. The molecule has 1 fully saturated rings. The summed E-state index contributed by atoms with van der Waals surface area (Å²) in [6.07, 6.45) is -3.04. The maximum atomic E-state index is 10.7. The van der Waals surface area contributed by atoms with Crippen molar-refractivity contribution in [2.24, 2.45) is 0 Å².